The number of amides is 2. The van der Waals surface area contributed by atoms with Crippen molar-refractivity contribution in [1.82, 2.24) is 15.2 Å². The van der Waals surface area contributed by atoms with E-state index in [0.29, 0.717) is 44.5 Å². The number of hydrogen-bond acceptors (Lipinski definition) is 3. The molecule has 2 heterocycles. The second-order valence-corrected chi connectivity index (χ2v) is 6.53. The number of nitrogens with zero attached hydrogens (tertiary/aromatic N) is 1. The van der Waals surface area contributed by atoms with Gasteiger partial charge in [-0.2, -0.15) is 0 Å². The van der Waals surface area contributed by atoms with Gasteiger partial charge < -0.3 is 15.2 Å². The molecule has 0 bridgehead atoms. The second-order valence-electron chi connectivity index (χ2n) is 6.53. The summed E-state index contributed by atoms with van der Waals surface area (Å²) in [5, 5.41) is 3.91. The molecule has 1 fully saturated rings. The van der Waals surface area contributed by atoms with Crippen LogP contribution < -0.4 is 10.9 Å². The molecule has 6 heteroatoms. The van der Waals surface area contributed by atoms with Crippen molar-refractivity contribution in [2.24, 2.45) is 5.92 Å². The van der Waals surface area contributed by atoms with Gasteiger partial charge in [0.15, 0.2) is 0 Å². The van der Waals surface area contributed by atoms with Gasteiger partial charge >= 0.3 is 0 Å². The van der Waals surface area contributed by atoms with Crippen LogP contribution in [0.4, 0.5) is 0 Å². The SMILES string of the molecule is CC(=O)N1CCC(C(=O)NCCc2cc3ccccc3[nH]c2=O)CC1. The number of likely N-dealkylation sites (tertiary alicyclic amines) is 1. The Hall–Kier alpha value is -2.63. The van der Waals surface area contributed by atoms with E-state index in [4.69, 9.17) is 0 Å². The number of carbonyl (C=O) groups excluding carboxylic acids is 2. The predicted molar refractivity (Wildman–Crippen MR) is 96.3 cm³/mol. The van der Waals surface area contributed by atoms with Crippen molar-refractivity contribution in [3.8, 4) is 0 Å². The highest BCUT2D eigenvalue weighted by Gasteiger charge is 2.25. The second kappa shape index (κ2) is 7.51. The zero-order valence-electron chi connectivity index (χ0n) is 14.4. The fraction of sp³-hybridized carbons (Fsp3) is 0.421. The van der Waals surface area contributed by atoms with Crippen molar-refractivity contribution in [2.75, 3.05) is 19.6 Å². The van der Waals surface area contributed by atoms with E-state index in [9.17, 15) is 14.4 Å². The molecular formula is C19H23N3O3. The maximum atomic E-state index is 12.3. The first-order valence-corrected chi connectivity index (χ1v) is 8.69. The largest absolute Gasteiger partial charge is 0.356 e. The number of fused-ring (bicyclic) bond motifs is 1. The third kappa shape index (κ3) is 4.07. The summed E-state index contributed by atoms with van der Waals surface area (Å²) in [5.41, 5.74) is 1.38. The normalized spacial score (nSPS) is 15.3. The molecule has 1 aromatic carbocycles. The van der Waals surface area contributed by atoms with Crippen LogP contribution in [0.25, 0.3) is 10.9 Å². The van der Waals surface area contributed by atoms with Crippen LogP contribution in [0, 0.1) is 5.92 Å². The molecule has 0 atom stereocenters. The first-order valence-electron chi connectivity index (χ1n) is 8.69. The number of rotatable bonds is 4. The topological polar surface area (TPSA) is 82.3 Å². The van der Waals surface area contributed by atoms with Crippen LogP contribution in [-0.2, 0) is 16.0 Å². The molecule has 1 saturated heterocycles. The number of hydrogen-bond donors (Lipinski definition) is 2. The first-order chi connectivity index (χ1) is 12.0. The highest BCUT2D eigenvalue weighted by Crippen LogP contribution is 2.17. The lowest BCUT2D eigenvalue weighted by molar-refractivity contribution is -0.133. The Bertz CT molecular complexity index is 835. The summed E-state index contributed by atoms with van der Waals surface area (Å²) in [6.45, 7) is 3.27. The molecule has 132 valence electrons. The van der Waals surface area contributed by atoms with E-state index in [0.717, 1.165) is 10.9 Å². The molecule has 0 spiro atoms. The fourth-order valence-corrected chi connectivity index (χ4v) is 3.30. The third-order valence-corrected chi connectivity index (χ3v) is 4.84. The summed E-state index contributed by atoms with van der Waals surface area (Å²) in [5.74, 6) is 0.0281. The monoisotopic (exact) mass is 341 g/mol. The van der Waals surface area contributed by atoms with Crippen molar-refractivity contribution in [2.45, 2.75) is 26.2 Å². The van der Waals surface area contributed by atoms with Gasteiger partial charge in [0.1, 0.15) is 0 Å². The molecule has 1 aliphatic rings. The maximum Gasteiger partial charge on any atom is 0.251 e. The molecule has 0 unspecified atom stereocenters. The molecule has 1 aliphatic heterocycles. The minimum Gasteiger partial charge on any atom is -0.356 e. The van der Waals surface area contributed by atoms with Crippen molar-refractivity contribution < 1.29 is 9.59 Å². The molecule has 2 N–H and O–H groups in total. The number of benzene rings is 1. The average Bonchev–Trinajstić information content (AvgIpc) is 2.62. The number of aromatic amines is 1. The van der Waals surface area contributed by atoms with E-state index in [-0.39, 0.29) is 23.3 Å². The zero-order valence-corrected chi connectivity index (χ0v) is 14.4. The van der Waals surface area contributed by atoms with Gasteiger partial charge in [-0.25, -0.2) is 0 Å². The lowest BCUT2D eigenvalue weighted by atomic mass is 9.96. The lowest BCUT2D eigenvalue weighted by Gasteiger charge is -2.30. The summed E-state index contributed by atoms with van der Waals surface area (Å²) in [6.07, 6.45) is 1.89. The quantitative estimate of drug-likeness (QED) is 0.883. The van der Waals surface area contributed by atoms with Crippen LogP contribution in [0.2, 0.25) is 0 Å². The first kappa shape index (κ1) is 17.2. The summed E-state index contributed by atoms with van der Waals surface area (Å²) in [7, 11) is 0. The molecule has 2 amide bonds. The van der Waals surface area contributed by atoms with Crippen LogP contribution in [0.15, 0.2) is 35.1 Å². The van der Waals surface area contributed by atoms with E-state index < -0.39 is 0 Å². The minimum absolute atomic E-state index is 0.0143. The van der Waals surface area contributed by atoms with Gasteiger partial charge in [-0.3, -0.25) is 14.4 Å². The number of pyridine rings is 1. The van der Waals surface area contributed by atoms with Crippen molar-refractivity contribution in [3.63, 3.8) is 0 Å². The Kier molecular flexibility index (Phi) is 5.16. The smallest absolute Gasteiger partial charge is 0.251 e. The molecule has 0 aliphatic carbocycles. The van der Waals surface area contributed by atoms with Crippen LogP contribution in [0.3, 0.4) is 0 Å². The standard InChI is InChI=1S/C19H23N3O3/c1-13(23)22-10-7-14(8-11-22)18(24)20-9-6-16-12-15-4-2-3-5-17(15)21-19(16)25/h2-5,12,14H,6-11H2,1H3,(H,20,24)(H,21,25). The number of piperidine rings is 1. The summed E-state index contributed by atoms with van der Waals surface area (Å²) < 4.78 is 0. The molecule has 25 heavy (non-hydrogen) atoms. The molecule has 6 nitrogen and oxygen atoms in total. The van der Waals surface area contributed by atoms with Crippen LogP contribution >= 0.6 is 0 Å². The van der Waals surface area contributed by atoms with E-state index in [1.807, 2.05) is 30.3 Å². The highest BCUT2D eigenvalue weighted by molar-refractivity contribution is 5.80. The molecule has 2 aromatic rings. The van der Waals surface area contributed by atoms with Gasteiger partial charge in [0.05, 0.1) is 0 Å². The van der Waals surface area contributed by atoms with Crippen molar-refractivity contribution in [3.05, 3.63) is 46.2 Å². The lowest BCUT2D eigenvalue weighted by Crippen LogP contribution is -2.42. The number of para-hydroxylation sites is 1. The number of carbonyl (C=O) groups is 2. The highest BCUT2D eigenvalue weighted by atomic mass is 16.2. The molecule has 0 radical (unpaired) electrons. The van der Waals surface area contributed by atoms with Gasteiger partial charge in [-0.1, -0.05) is 18.2 Å². The van der Waals surface area contributed by atoms with Crippen molar-refractivity contribution >= 4 is 22.7 Å². The Balaban J connectivity index is 1.53. The van der Waals surface area contributed by atoms with E-state index in [2.05, 4.69) is 10.3 Å². The van der Waals surface area contributed by atoms with Gasteiger partial charge in [0, 0.05) is 43.6 Å². The van der Waals surface area contributed by atoms with Gasteiger partial charge in [0.2, 0.25) is 11.8 Å². The fourth-order valence-electron chi connectivity index (χ4n) is 3.30. The van der Waals surface area contributed by atoms with Crippen LogP contribution in [0.1, 0.15) is 25.3 Å². The van der Waals surface area contributed by atoms with E-state index in [1.54, 1.807) is 11.8 Å². The molecule has 0 saturated carbocycles. The Morgan fingerprint density at radius 2 is 1.96 bits per heavy atom. The number of nitrogens with one attached hydrogen (secondary N) is 2. The number of aromatic nitrogens is 1. The van der Waals surface area contributed by atoms with Gasteiger partial charge in [-0.05, 0) is 36.8 Å². The molecule has 1 aromatic heterocycles. The maximum absolute atomic E-state index is 12.3. The van der Waals surface area contributed by atoms with E-state index in [1.165, 1.54) is 0 Å². The molecule has 3 rings (SSSR count). The Morgan fingerprint density at radius 3 is 2.68 bits per heavy atom. The Morgan fingerprint density at radius 1 is 1.24 bits per heavy atom. The van der Waals surface area contributed by atoms with E-state index >= 15 is 0 Å². The zero-order chi connectivity index (χ0) is 17.8. The minimum atomic E-state index is -0.109. The van der Waals surface area contributed by atoms with Crippen LogP contribution in [-0.4, -0.2) is 41.3 Å². The summed E-state index contributed by atoms with van der Waals surface area (Å²) in [4.78, 5) is 40.3. The number of H-pyrrole nitrogens is 1. The Labute approximate surface area is 146 Å². The average molecular weight is 341 g/mol. The van der Waals surface area contributed by atoms with Gasteiger partial charge in [-0.15, -0.1) is 0 Å². The molecular weight excluding hydrogens is 318 g/mol. The predicted octanol–water partition coefficient (Wildman–Crippen LogP) is 1.45. The third-order valence-electron chi connectivity index (χ3n) is 4.84. The van der Waals surface area contributed by atoms with Crippen molar-refractivity contribution in [1.29, 1.82) is 0 Å². The van der Waals surface area contributed by atoms with Gasteiger partial charge in [0.25, 0.3) is 5.56 Å². The summed E-state index contributed by atoms with van der Waals surface area (Å²) >= 11 is 0. The summed E-state index contributed by atoms with van der Waals surface area (Å²) in [6, 6.07) is 9.52. The van der Waals surface area contributed by atoms with Crippen LogP contribution in [0.5, 0.6) is 0 Å².